The number of carboxylic acid groups (broad SMARTS) is 1. The van der Waals surface area contributed by atoms with E-state index in [9.17, 15) is 15.0 Å². The molecule has 38 heavy (non-hydrogen) atoms. The van der Waals surface area contributed by atoms with Crippen molar-refractivity contribution in [3.05, 3.63) is 35.4 Å². The van der Waals surface area contributed by atoms with Crippen molar-refractivity contribution in [2.24, 2.45) is 58.2 Å². The van der Waals surface area contributed by atoms with Crippen LogP contribution in [0.2, 0.25) is 0 Å². The van der Waals surface area contributed by atoms with Crippen LogP contribution < -0.4 is 0 Å². The van der Waals surface area contributed by atoms with Gasteiger partial charge in [-0.1, -0.05) is 66.0 Å². The fraction of sp³-hybridized carbons (Fsp3) is 0.800. The molecule has 3 unspecified atom stereocenters. The van der Waals surface area contributed by atoms with E-state index < -0.39 is 5.97 Å². The number of aliphatic hydroxyl groups is 1. The van der Waals surface area contributed by atoms with E-state index in [-0.39, 0.29) is 12.0 Å². The van der Waals surface area contributed by atoms with E-state index in [1.165, 1.54) is 69.8 Å². The van der Waals surface area contributed by atoms with Gasteiger partial charge in [0.2, 0.25) is 0 Å². The summed E-state index contributed by atoms with van der Waals surface area (Å²) in [5.41, 5.74) is 2.38. The molecule has 212 valence electrons. The van der Waals surface area contributed by atoms with E-state index in [4.69, 9.17) is 0 Å². The maximum atomic E-state index is 11.3. The zero-order valence-corrected chi connectivity index (χ0v) is 24.8. The Morgan fingerprint density at radius 3 is 2.21 bits per heavy atom. The molecule has 4 aliphatic rings. The molecule has 0 amide bonds. The van der Waals surface area contributed by atoms with Gasteiger partial charge in [0.05, 0.1) is 11.7 Å². The molecule has 1 aromatic rings. The number of hydrogen-bond acceptors (Lipinski definition) is 2. The molecule has 4 aliphatic carbocycles. The molecule has 2 N–H and O–H groups in total. The molecular weight excluding hydrogens is 468 g/mol. The van der Waals surface area contributed by atoms with Crippen molar-refractivity contribution in [2.45, 2.75) is 118 Å². The van der Waals surface area contributed by atoms with E-state index in [2.05, 4.69) is 34.6 Å². The van der Waals surface area contributed by atoms with Gasteiger partial charge >= 0.3 is 5.97 Å². The van der Waals surface area contributed by atoms with Gasteiger partial charge in [-0.15, -0.1) is 0 Å². The summed E-state index contributed by atoms with van der Waals surface area (Å²) >= 11 is 0. The lowest BCUT2D eigenvalue weighted by atomic mass is 9.42. The van der Waals surface area contributed by atoms with Crippen molar-refractivity contribution < 1.29 is 15.0 Å². The minimum absolute atomic E-state index is 0.236. The maximum Gasteiger partial charge on any atom is 0.335 e. The van der Waals surface area contributed by atoms with Gasteiger partial charge in [-0.3, -0.25) is 0 Å². The molecular formula is C35H54O3. The third-order valence-corrected chi connectivity index (χ3v) is 12.8. The van der Waals surface area contributed by atoms with Crippen LogP contribution >= 0.6 is 0 Å². The molecule has 5 rings (SSSR count). The van der Waals surface area contributed by atoms with E-state index in [0.29, 0.717) is 22.3 Å². The zero-order chi connectivity index (χ0) is 27.2. The van der Waals surface area contributed by atoms with Gasteiger partial charge < -0.3 is 10.2 Å². The topological polar surface area (TPSA) is 57.5 Å². The highest BCUT2D eigenvalue weighted by molar-refractivity contribution is 5.87. The first-order valence-electron chi connectivity index (χ1n) is 16.0. The Kier molecular flexibility index (Phi) is 8.09. The molecule has 4 fully saturated rings. The highest BCUT2D eigenvalue weighted by Crippen LogP contribution is 2.69. The van der Waals surface area contributed by atoms with Crippen LogP contribution in [0.4, 0.5) is 0 Å². The number of aromatic carboxylic acids is 1. The van der Waals surface area contributed by atoms with Crippen molar-refractivity contribution in [1.29, 1.82) is 0 Å². The molecule has 3 nitrogen and oxygen atoms in total. The number of aliphatic hydroxyl groups excluding tert-OH is 1. The second-order valence-electron chi connectivity index (χ2n) is 15.1. The molecule has 4 saturated carbocycles. The zero-order valence-electron chi connectivity index (χ0n) is 24.8. The van der Waals surface area contributed by atoms with Gasteiger partial charge in [-0.2, -0.15) is 0 Å². The molecule has 0 spiro atoms. The molecule has 3 heteroatoms. The monoisotopic (exact) mass is 522 g/mol. The normalized spacial score (nSPS) is 41.3. The standard InChI is InChI=1S/C35H54O3/c1-22(2)7-6-8-23(3)28-15-16-29-26-13-14-30-27(21-24-9-11-25(12-10-24)33(37)38)32(36)18-20-35(30,5)31(26)17-19-34(28,29)4/h9-12,22-23,26-32,36H,6-8,13-21H2,1-5H3,(H,37,38)/t23-,26+,27?,28-,29+,30?,31+,32?,34-,35+/m1/s1. The summed E-state index contributed by atoms with van der Waals surface area (Å²) in [6.45, 7) is 12.6. The lowest BCUT2D eigenvalue weighted by Crippen LogP contribution is -2.57. The molecule has 0 bridgehead atoms. The number of fused-ring (bicyclic) bond motifs is 5. The van der Waals surface area contributed by atoms with Gasteiger partial charge in [0.1, 0.15) is 0 Å². The summed E-state index contributed by atoms with van der Waals surface area (Å²) in [5, 5.41) is 20.5. The first kappa shape index (κ1) is 28.2. The van der Waals surface area contributed by atoms with Gasteiger partial charge in [0.25, 0.3) is 0 Å². The molecule has 0 heterocycles. The van der Waals surface area contributed by atoms with Crippen LogP contribution in [0.1, 0.15) is 121 Å². The Hall–Kier alpha value is -1.35. The first-order chi connectivity index (χ1) is 18.0. The predicted octanol–water partition coefficient (Wildman–Crippen LogP) is 8.64. The van der Waals surface area contributed by atoms with E-state index in [0.717, 1.165) is 48.3 Å². The molecule has 0 aromatic heterocycles. The number of carbonyl (C=O) groups is 1. The van der Waals surface area contributed by atoms with E-state index >= 15 is 0 Å². The fourth-order valence-corrected chi connectivity index (χ4v) is 10.9. The van der Waals surface area contributed by atoms with Crippen molar-refractivity contribution in [3.8, 4) is 0 Å². The van der Waals surface area contributed by atoms with Crippen molar-refractivity contribution in [3.63, 3.8) is 0 Å². The Balaban J connectivity index is 1.30. The number of benzene rings is 1. The van der Waals surface area contributed by atoms with Gasteiger partial charge in [0, 0.05) is 0 Å². The highest BCUT2D eigenvalue weighted by Gasteiger charge is 2.61. The third-order valence-electron chi connectivity index (χ3n) is 12.8. The minimum atomic E-state index is -0.872. The largest absolute Gasteiger partial charge is 0.478 e. The Morgan fingerprint density at radius 1 is 0.868 bits per heavy atom. The van der Waals surface area contributed by atoms with Crippen LogP contribution in [0.15, 0.2) is 24.3 Å². The van der Waals surface area contributed by atoms with Crippen molar-refractivity contribution in [1.82, 2.24) is 0 Å². The second kappa shape index (κ2) is 10.9. The van der Waals surface area contributed by atoms with Crippen LogP contribution in [-0.4, -0.2) is 22.3 Å². The van der Waals surface area contributed by atoms with Crippen LogP contribution in [0.3, 0.4) is 0 Å². The van der Waals surface area contributed by atoms with Crippen LogP contribution in [-0.2, 0) is 6.42 Å². The predicted molar refractivity (Wildman–Crippen MR) is 155 cm³/mol. The fourth-order valence-electron chi connectivity index (χ4n) is 10.9. The molecule has 0 radical (unpaired) electrons. The molecule has 0 aliphatic heterocycles. The third kappa shape index (κ3) is 4.99. The van der Waals surface area contributed by atoms with Crippen LogP contribution in [0.25, 0.3) is 0 Å². The summed E-state index contributed by atoms with van der Waals surface area (Å²) in [5.74, 6) is 5.14. The number of rotatable bonds is 8. The summed E-state index contributed by atoms with van der Waals surface area (Å²) in [6.07, 6.45) is 15.2. The van der Waals surface area contributed by atoms with Crippen LogP contribution in [0.5, 0.6) is 0 Å². The second-order valence-corrected chi connectivity index (χ2v) is 15.1. The van der Waals surface area contributed by atoms with E-state index in [1.807, 2.05) is 12.1 Å². The van der Waals surface area contributed by atoms with Gasteiger partial charge in [-0.25, -0.2) is 4.79 Å². The Labute approximate surface area is 232 Å². The summed E-state index contributed by atoms with van der Waals surface area (Å²) in [7, 11) is 0. The smallest absolute Gasteiger partial charge is 0.335 e. The average Bonchev–Trinajstić information content (AvgIpc) is 3.23. The van der Waals surface area contributed by atoms with Crippen LogP contribution in [0, 0.1) is 58.2 Å². The molecule has 1 aromatic carbocycles. The minimum Gasteiger partial charge on any atom is -0.478 e. The number of hydrogen-bond donors (Lipinski definition) is 2. The van der Waals surface area contributed by atoms with E-state index in [1.54, 1.807) is 12.1 Å². The molecule has 0 saturated heterocycles. The summed E-state index contributed by atoms with van der Waals surface area (Å²) in [4.78, 5) is 11.3. The Morgan fingerprint density at radius 2 is 1.53 bits per heavy atom. The first-order valence-corrected chi connectivity index (χ1v) is 16.0. The Bertz CT molecular complexity index is 968. The van der Waals surface area contributed by atoms with Crippen molar-refractivity contribution in [2.75, 3.05) is 0 Å². The summed E-state index contributed by atoms with van der Waals surface area (Å²) < 4.78 is 0. The maximum absolute atomic E-state index is 11.3. The average molecular weight is 523 g/mol. The molecule has 10 atom stereocenters. The lowest BCUT2D eigenvalue weighted by molar-refractivity contribution is -0.152. The van der Waals surface area contributed by atoms with Crippen molar-refractivity contribution >= 4 is 5.97 Å². The van der Waals surface area contributed by atoms with Gasteiger partial charge in [-0.05, 0) is 134 Å². The SMILES string of the molecule is CC(C)CCC[C@@H](C)[C@H]1CC[C@H]2[C@@H]3CCC4C(Cc5ccc(C(=O)O)cc5)C(O)CC[C@]4(C)[C@H]3CC[C@]12C. The highest BCUT2D eigenvalue weighted by atomic mass is 16.4. The summed E-state index contributed by atoms with van der Waals surface area (Å²) in [6, 6.07) is 7.40. The lowest BCUT2D eigenvalue weighted by Gasteiger charge is -2.63. The number of carboxylic acids is 1. The quantitative estimate of drug-likeness (QED) is 0.359. The van der Waals surface area contributed by atoms with Gasteiger partial charge in [0.15, 0.2) is 0 Å².